The minimum atomic E-state index is -6.15. The van der Waals surface area contributed by atoms with Crippen molar-refractivity contribution in [2.24, 2.45) is 0 Å². The number of alkyl halides is 8. The summed E-state index contributed by atoms with van der Waals surface area (Å²) in [5.41, 5.74) is 0. The van der Waals surface area contributed by atoms with E-state index in [0.29, 0.717) is 6.42 Å². The number of hydrogen-bond acceptors (Lipinski definition) is 1. The Balaban J connectivity index is 4.66. The Morgan fingerprint density at radius 2 is 1.24 bits per heavy atom. The Hall–Kier alpha value is -0.600. The molecule has 128 valence electrons. The van der Waals surface area contributed by atoms with Crippen LogP contribution in [-0.2, 0) is 4.74 Å². The molecule has 0 aliphatic rings. The first-order valence-corrected chi connectivity index (χ1v) is 6.40. The summed E-state index contributed by atoms with van der Waals surface area (Å²) < 4.78 is 108. The van der Waals surface area contributed by atoms with Gasteiger partial charge in [-0.1, -0.05) is 13.3 Å². The van der Waals surface area contributed by atoms with Crippen LogP contribution in [0.4, 0.5) is 35.1 Å². The number of ether oxygens (including phenoxy) is 1. The van der Waals surface area contributed by atoms with E-state index in [2.05, 4.69) is 0 Å². The van der Waals surface area contributed by atoms with Gasteiger partial charge in [0.1, 0.15) is 0 Å². The van der Waals surface area contributed by atoms with Crippen molar-refractivity contribution >= 4 is 0 Å². The molecule has 21 heavy (non-hydrogen) atoms. The van der Waals surface area contributed by atoms with Crippen LogP contribution in [0.25, 0.3) is 0 Å². The molecule has 0 amide bonds. The van der Waals surface area contributed by atoms with E-state index in [4.69, 9.17) is 4.74 Å². The highest BCUT2D eigenvalue weighted by molar-refractivity contribution is 5.01. The Morgan fingerprint density at radius 3 is 1.67 bits per heavy atom. The molecule has 0 radical (unpaired) electrons. The standard InChI is InChI=1S/C12H18F8O/c1-3-4-7-21-8-5-6-10(15,16)12(19,20)11(17,18)9(2,13)14/h3-8H2,1-2H3. The SMILES string of the molecule is CCCCOCCCC(F)(F)C(F)(F)C(F)(F)C(C)(F)F. The van der Waals surface area contributed by atoms with Crippen molar-refractivity contribution in [3.05, 3.63) is 0 Å². The molecular weight excluding hydrogens is 312 g/mol. The summed E-state index contributed by atoms with van der Waals surface area (Å²) in [6, 6.07) is 0. The maximum atomic E-state index is 13.2. The van der Waals surface area contributed by atoms with Crippen molar-refractivity contribution in [2.45, 2.75) is 63.2 Å². The van der Waals surface area contributed by atoms with Gasteiger partial charge < -0.3 is 4.74 Å². The quantitative estimate of drug-likeness (QED) is 0.398. The van der Waals surface area contributed by atoms with Crippen LogP contribution in [0.2, 0.25) is 0 Å². The minimum absolute atomic E-state index is 0.224. The second kappa shape index (κ2) is 7.11. The predicted octanol–water partition coefficient (Wildman–Crippen LogP) is 5.14. The lowest BCUT2D eigenvalue weighted by molar-refractivity contribution is -0.363. The van der Waals surface area contributed by atoms with Crippen molar-refractivity contribution < 1.29 is 39.9 Å². The summed E-state index contributed by atoms with van der Waals surface area (Å²) in [5, 5.41) is 0. The predicted molar refractivity (Wildman–Crippen MR) is 60.4 cm³/mol. The van der Waals surface area contributed by atoms with E-state index in [1.165, 1.54) is 0 Å². The van der Waals surface area contributed by atoms with Crippen LogP contribution in [0.15, 0.2) is 0 Å². The molecule has 0 unspecified atom stereocenters. The second-order valence-corrected chi connectivity index (χ2v) is 4.81. The molecule has 0 aliphatic carbocycles. The highest BCUT2D eigenvalue weighted by Gasteiger charge is 2.78. The third-order valence-electron chi connectivity index (χ3n) is 2.83. The lowest BCUT2D eigenvalue weighted by Gasteiger charge is -2.35. The summed E-state index contributed by atoms with van der Waals surface area (Å²) in [7, 11) is 0. The van der Waals surface area contributed by atoms with Crippen LogP contribution in [0, 0.1) is 0 Å². The normalized spacial score (nSPS) is 14.6. The van der Waals surface area contributed by atoms with E-state index in [1.807, 2.05) is 6.92 Å². The molecule has 9 heteroatoms. The first-order valence-electron chi connectivity index (χ1n) is 6.40. The van der Waals surface area contributed by atoms with Crippen molar-refractivity contribution in [2.75, 3.05) is 13.2 Å². The van der Waals surface area contributed by atoms with Gasteiger partial charge in [-0.3, -0.25) is 0 Å². The van der Waals surface area contributed by atoms with Gasteiger partial charge in [-0.15, -0.1) is 0 Å². The molecular formula is C12H18F8O. The van der Waals surface area contributed by atoms with Crippen LogP contribution < -0.4 is 0 Å². The van der Waals surface area contributed by atoms with E-state index in [1.54, 1.807) is 0 Å². The summed E-state index contributed by atoms with van der Waals surface area (Å²) >= 11 is 0. The Morgan fingerprint density at radius 1 is 0.762 bits per heavy atom. The lowest BCUT2D eigenvalue weighted by Crippen LogP contribution is -2.61. The largest absolute Gasteiger partial charge is 0.381 e. The van der Waals surface area contributed by atoms with Gasteiger partial charge in [0.05, 0.1) is 0 Å². The molecule has 0 atom stereocenters. The van der Waals surface area contributed by atoms with Gasteiger partial charge in [0, 0.05) is 26.6 Å². The van der Waals surface area contributed by atoms with Crippen molar-refractivity contribution in [3.8, 4) is 0 Å². The van der Waals surface area contributed by atoms with E-state index in [0.717, 1.165) is 6.42 Å². The summed E-state index contributed by atoms with van der Waals surface area (Å²) in [5.74, 6) is -22.8. The molecule has 0 aromatic heterocycles. The molecule has 0 fully saturated rings. The van der Waals surface area contributed by atoms with Gasteiger partial charge >= 0.3 is 23.7 Å². The van der Waals surface area contributed by atoms with Gasteiger partial charge in [-0.2, -0.15) is 35.1 Å². The topological polar surface area (TPSA) is 9.23 Å². The van der Waals surface area contributed by atoms with Crippen LogP contribution in [0.5, 0.6) is 0 Å². The first-order chi connectivity index (χ1) is 9.31. The molecule has 0 N–H and O–H groups in total. The smallest absolute Gasteiger partial charge is 0.378 e. The average molecular weight is 330 g/mol. The zero-order chi connectivity index (χ0) is 16.9. The molecule has 0 saturated carbocycles. The van der Waals surface area contributed by atoms with Gasteiger partial charge in [0.15, 0.2) is 0 Å². The van der Waals surface area contributed by atoms with Crippen LogP contribution >= 0.6 is 0 Å². The number of rotatable bonds is 10. The van der Waals surface area contributed by atoms with Gasteiger partial charge in [0.25, 0.3) is 0 Å². The zero-order valence-electron chi connectivity index (χ0n) is 11.7. The fraction of sp³-hybridized carbons (Fsp3) is 1.00. The third-order valence-corrected chi connectivity index (χ3v) is 2.83. The highest BCUT2D eigenvalue weighted by Crippen LogP contribution is 2.53. The molecule has 0 aromatic rings. The Bertz CT molecular complexity index is 311. The minimum Gasteiger partial charge on any atom is -0.381 e. The van der Waals surface area contributed by atoms with Crippen LogP contribution in [0.1, 0.15) is 39.5 Å². The third kappa shape index (κ3) is 4.69. The highest BCUT2D eigenvalue weighted by atomic mass is 19.4. The average Bonchev–Trinajstić information content (AvgIpc) is 2.31. The molecule has 0 heterocycles. The summed E-state index contributed by atoms with van der Waals surface area (Å²) in [6.45, 7) is 1.21. The summed E-state index contributed by atoms with van der Waals surface area (Å²) in [6.07, 6.45) is -0.909. The van der Waals surface area contributed by atoms with Crippen molar-refractivity contribution in [1.82, 2.24) is 0 Å². The lowest BCUT2D eigenvalue weighted by atomic mass is 9.96. The molecule has 0 aromatic carbocycles. The first kappa shape index (κ1) is 20.4. The van der Waals surface area contributed by atoms with E-state index >= 15 is 0 Å². The van der Waals surface area contributed by atoms with Gasteiger partial charge in [0.2, 0.25) is 0 Å². The van der Waals surface area contributed by atoms with E-state index in [-0.39, 0.29) is 13.2 Å². The van der Waals surface area contributed by atoms with E-state index < -0.39 is 43.5 Å². The molecule has 0 aliphatic heterocycles. The Kier molecular flexibility index (Phi) is 6.90. The van der Waals surface area contributed by atoms with Crippen molar-refractivity contribution in [1.29, 1.82) is 0 Å². The van der Waals surface area contributed by atoms with Gasteiger partial charge in [-0.05, 0) is 12.8 Å². The molecule has 0 rings (SSSR count). The van der Waals surface area contributed by atoms with Crippen LogP contribution in [-0.4, -0.2) is 36.9 Å². The number of hydrogen-bond donors (Lipinski definition) is 0. The maximum absolute atomic E-state index is 13.2. The Labute approximate surface area is 117 Å². The van der Waals surface area contributed by atoms with Gasteiger partial charge in [-0.25, -0.2) is 0 Å². The second-order valence-electron chi connectivity index (χ2n) is 4.81. The molecule has 0 spiro atoms. The van der Waals surface area contributed by atoms with Crippen molar-refractivity contribution in [3.63, 3.8) is 0 Å². The fourth-order valence-electron chi connectivity index (χ4n) is 1.41. The molecule has 0 bridgehead atoms. The zero-order valence-corrected chi connectivity index (χ0v) is 11.7. The summed E-state index contributed by atoms with van der Waals surface area (Å²) in [4.78, 5) is 0. The number of unbranched alkanes of at least 4 members (excludes halogenated alkanes) is 1. The maximum Gasteiger partial charge on any atom is 0.378 e. The van der Waals surface area contributed by atoms with E-state index in [9.17, 15) is 35.1 Å². The number of halogens is 8. The molecule has 0 saturated heterocycles. The monoisotopic (exact) mass is 330 g/mol. The fourth-order valence-corrected chi connectivity index (χ4v) is 1.41. The van der Waals surface area contributed by atoms with Crippen LogP contribution in [0.3, 0.4) is 0 Å². The molecule has 1 nitrogen and oxygen atoms in total.